The summed E-state index contributed by atoms with van der Waals surface area (Å²) in [5.74, 6) is 0. The van der Waals surface area contributed by atoms with Crippen LogP contribution in [0.15, 0.2) is 53.5 Å². The molecule has 0 aromatic heterocycles. The van der Waals surface area contributed by atoms with Gasteiger partial charge in [0.1, 0.15) is 0 Å². The van der Waals surface area contributed by atoms with Crippen molar-refractivity contribution in [2.24, 2.45) is 4.99 Å². The van der Waals surface area contributed by atoms with Gasteiger partial charge in [0.15, 0.2) is 0 Å². The van der Waals surface area contributed by atoms with E-state index in [9.17, 15) is 0 Å². The van der Waals surface area contributed by atoms with Gasteiger partial charge < -0.3 is 0 Å². The van der Waals surface area contributed by atoms with E-state index in [0.717, 1.165) is 19.5 Å². The molecule has 6 rings (SSSR count). The van der Waals surface area contributed by atoms with Crippen LogP contribution in [0.2, 0.25) is 13.1 Å². The Morgan fingerprint density at radius 1 is 0.882 bits per heavy atom. The van der Waals surface area contributed by atoms with Crippen molar-refractivity contribution in [1.29, 1.82) is 0 Å². The summed E-state index contributed by atoms with van der Waals surface area (Å²) in [5, 5.41) is 9.71. The van der Waals surface area contributed by atoms with E-state index in [1.54, 1.807) is 13.9 Å². The van der Waals surface area contributed by atoms with Crippen molar-refractivity contribution in [2.75, 3.05) is 18.4 Å². The third kappa shape index (κ3) is 3.90. The van der Waals surface area contributed by atoms with Gasteiger partial charge in [-0.25, -0.2) is 0 Å². The summed E-state index contributed by atoms with van der Waals surface area (Å²) in [6.07, 6.45) is 7.32. The number of fused-ring (bicyclic) bond motifs is 4. The molecular weight excluding hydrogens is 658 g/mol. The van der Waals surface area contributed by atoms with Gasteiger partial charge in [0.2, 0.25) is 0 Å². The van der Waals surface area contributed by atoms with Crippen molar-refractivity contribution in [2.45, 2.75) is 51.6 Å². The Morgan fingerprint density at radius 2 is 1.71 bits per heavy atom. The predicted molar refractivity (Wildman–Crippen MR) is 150 cm³/mol. The van der Waals surface area contributed by atoms with Crippen LogP contribution in [-0.2, 0) is 12.8 Å². The summed E-state index contributed by atoms with van der Waals surface area (Å²) in [4.78, 5) is 5.04. The Hall–Kier alpha value is -1.19. The first-order valence-corrected chi connectivity index (χ1v) is 22.9. The van der Waals surface area contributed by atoms with Gasteiger partial charge in [0.25, 0.3) is 0 Å². The minimum atomic E-state index is -1.90. The fourth-order valence-corrected chi connectivity index (χ4v) is 12.5. The molecule has 0 amide bonds. The number of halogens is 2. The maximum absolute atomic E-state index is 5.04. The zero-order valence-electron chi connectivity index (χ0n) is 20.0. The van der Waals surface area contributed by atoms with Crippen LogP contribution >= 0.6 is 18.6 Å². The molecule has 3 aliphatic rings. The number of nitrogens with one attached hydrogen (secondary N) is 1. The Bertz CT molecular complexity index is 1410. The SMILES string of the molecule is C[Si]1(C)c2cc3c(cc2C(c2ccccc2[I-]I)=c2cc4c(cc21)=NCCCC4)CCCCN3. The van der Waals surface area contributed by atoms with E-state index in [0.29, 0.717) is 0 Å². The molecule has 176 valence electrons. The molecule has 0 bridgehead atoms. The van der Waals surface area contributed by atoms with Crippen LogP contribution < -0.4 is 43.5 Å². The fourth-order valence-electron chi connectivity index (χ4n) is 6.04. The number of rotatable bonds is 2. The van der Waals surface area contributed by atoms with E-state index in [-0.39, 0.29) is 17.2 Å². The molecule has 0 saturated carbocycles. The second kappa shape index (κ2) is 9.35. The average molecular weight is 689 g/mol. The van der Waals surface area contributed by atoms with Crippen molar-refractivity contribution in [3.8, 4) is 0 Å². The van der Waals surface area contributed by atoms with E-state index >= 15 is 0 Å². The van der Waals surface area contributed by atoms with Gasteiger partial charge in [-0.2, -0.15) is 0 Å². The van der Waals surface area contributed by atoms with Gasteiger partial charge in [0, 0.05) is 0 Å². The van der Waals surface area contributed by atoms with Crippen LogP contribution in [-0.4, -0.2) is 21.2 Å². The molecular formula is C29H31I2N2Si-. The molecule has 5 heteroatoms. The summed E-state index contributed by atoms with van der Waals surface area (Å²) in [7, 11) is -1.90. The first-order chi connectivity index (χ1) is 16.6. The zero-order valence-corrected chi connectivity index (χ0v) is 25.3. The molecule has 3 heterocycles. The average Bonchev–Trinajstić information content (AvgIpc) is 3.22. The molecule has 0 aliphatic carbocycles. The quantitative estimate of drug-likeness (QED) is 0.320. The molecule has 0 spiro atoms. The van der Waals surface area contributed by atoms with Crippen LogP contribution in [0.1, 0.15) is 47.9 Å². The molecule has 0 unspecified atom stereocenters. The molecule has 3 aliphatic heterocycles. The Balaban J connectivity index is 1.76. The van der Waals surface area contributed by atoms with Crippen LogP contribution in [0, 0.1) is 3.57 Å². The standard InChI is InChI=1S/C29H31I2N2Si/c1-34(2)27-17-25-19(9-5-7-13-32-25)15-22(27)29(21-11-3-4-12-24(21)31-30)23-16-20-10-6-8-14-33-26(20)18-28(23)34/h3-4,11-12,15-18,32H,5-10,13-14H2,1-2H3/q-1. The molecule has 0 radical (unpaired) electrons. The van der Waals surface area contributed by atoms with Crippen LogP contribution in [0.25, 0.3) is 5.57 Å². The van der Waals surface area contributed by atoms with Crippen molar-refractivity contribution < 1.29 is 17.2 Å². The topological polar surface area (TPSA) is 24.4 Å². The number of aryl methyl sites for hydroxylation is 2. The van der Waals surface area contributed by atoms with Crippen molar-refractivity contribution in [3.05, 3.63) is 84.9 Å². The molecule has 0 saturated heterocycles. The van der Waals surface area contributed by atoms with Gasteiger partial charge in [-0.3, -0.25) is 0 Å². The van der Waals surface area contributed by atoms with Gasteiger partial charge >= 0.3 is 226 Å². The first-order valence-electron chi connectivity index (χ1n) is 12.6. The Labute approximate surface area is 223 Å². The molecule has 0 fully saturated rings. The number of anilines is 1. The second-order valence-corrected chi connectivity index (χ2v) is 19.0. The van der Waals surface area contributed by atoms with Crippen molar-refractivity contribution in [3.63, 3.8) is 0 Å². The van der Waals surface area contributed by atoms with E-state index < -0.39 is 8.07 Å². The normalized spacial score (nSPS) is 18.4. The summed E-state index contributed by atoms with van der Waals surface area (Å²) >= 11 is 2.60. The number of hydrogen-bond acceptors (Lipinski definition) is 2. The van der Waals surface area contributed by atoms with Crippen LogP contribution in [0.4, 0.5) is 5.69 Å². The molecule has 34 heavy (non-hydrogen) atoms. The summed E-state index contributed by atoms with van der Waals surface area (Å²) in [5.41, 5.74) is 8.81. The van der Waals surface area contributed by atoms with E-state index in [4.69, 9.17) is 4.99 Å². The molecule has 3 aromatic carbocycles. The van der Waals surface area contributed by atoms with Crippen LogP contribution in [0.3, 0.4) is 0 Å². The molecule has 0 atom stereocenters. The number of nitrogens with zero attached hydrogens (tertiary/aromatic N) is 1. The third-order valence-corrected chi connectivity index (χ3v) is 15.7. The Kier molecular flexibility index (Phi) is 6.39. The summed E-state index contributed by atoms with van der Waals surface area (Å²) < 4.78 is 1.54. The number of hydrogen-bond donors (Lipinski definition) is 1. The van der Waals surface area contributed by atoms with Gasteiger partial charge in [0.05, 0.1) is 0 Å². The predicted octanol–water partition coefficient (Wildman–Crippen LogP) is 1.38. The third-order valence-electron chi connectivity index (χ3n) is 7.89. The van der Waals surface area contributed by atoms with E-state index in [2.05, 4.69) is 85.6 Å². The second-order valence-electron chi connectivity index (χ2n) is 10.4. The first kappa shape index (κ1) is 23.2. The van der Waals surface area contributed by atoms with Crippen molar-refractivity contribution in [1.82, 2.24) is 0 Å². The summed E-state index contributed by atoms with van der Waals surface area (Å²) in [6.45, 7) is 7.19. The van der Waals surface area contributed by atoms with Gasteiger partial charge in [-0.15, -0.1) is 0 Å². The van der Waals surface area contributed by atoms with E-state index in [1.807, 2.05) is 0 Å². The minimum absolute atomic E-state index is 0.0439. The zero-order chi connectivity index (χ0) is 23.3. The fraction of sp³-hybridized carbons (Fsp3) is 0.345. The van der Waals surface area contributed by atoms with Gasteiger partial charge in [-0.1, -0.05) is 0 Å². The molecule has 1 N–H and O–H groups in total. The molecule has 3 aromatic rings. The van der Waals surface area contributed by atoms with E-state index in [1.165, 1.54) is 76.2 Å². The van der Waals surface area contributed by atoms with Crippen LogP contribution in [0.5, 0.6) is 0 Å². The number of benzene rings is 3. The molecule has 2 nitrogen and oxygen atoms in total. The Morgan fingerprint density at radius 3 is 2.59 bits per heavy atom. The summed E-state index contributed by atoms with van der Waals surface area (Å²) in [6, 6.07) is 19.4. The maximum atomic E-state index is 5.04. The monoisotopic (exact) mass is 689 g/mol. The van der Waals surface area contributed by atoms with Gasteiger partial charge in [-0.05, 0) is 0 Å². The van der Waals surface area contributed by atoms with Crippen molar-refractivity contribution >= 4 is 48.3 Å².